The zero-order chi connectivity index (χ0) is 27.3. The lowest BCUT2D eigenvalue weighted by molar-refractivity contribution is -0.139. The van der Waals surface area contributed by atoms with Crippen LogP contribution in [0.15, 0.2) is 57.5 Å². The van der Waals surface area contributed by atoms with Gasteiger partial charge in [0.2, 0.25) is 0 Å². The largest absolute Gasteiger partial charge is 0.496 e. The van der Waals surface area contributed by atoms with Crippen molar-refractivity contribution in [3.05, 3.63) is 85.3 Å². The van der Waals surface area contributed by atoms with E-state index in [0.717, 1.165) is 42.7 Å². The third kappa shape index (κ3) is 7.37. The molecule has 0 aliphatic heterocycles. The van der Waals surface area contributed by atoms with Crippen LogP contribution in [-0.4, -0.2) is 26.2 Å². The van der Waals surface area contributed by atoms with Gasteiger partial charge in [0.25, 0.3) is 0 Å². The molecule has 3 aromatic carbocycles. The standard InChI is InChI=1S/C30H35Br2NO4/c1-17(2)22-15-27(37-30-24(31)12-20(13-25(30)32)14-28(34)36-7)23(16-26(22)35-6)29(33-18(3)4)21-10-8-9-19(5)11-21/h8-13,15-18,29,33H,14H2,1-7H3. The maximum Gasteiger partial charge on any atom is 0.309 e. The van der Waals surface area contributed by atoms with E-state index in [1.807, 2.05) is 12.1 Å². The van der Waals surface area contributed by atoms with Crippen molar-refractivity contribution in [2.75, 3.05) is 14.2 Å². The quantitative estimate of drug-likeness (QED) is 0.228. The van der Waals surface area contributed by atoms with E-state index in [1.54, 1.807) is 7.11 Å². The van der Waals surface area contributed by atoms with Crippen LogP contribution in [0.3, 0.4) is 0 Å². The summed E-state index contributed by atoms with van der Waals surface area (Å²) in [6.45, 7) is 10.6. The summed E-state index contributed by atoms with van der Waals surface area (Å²) in [5.41, 5.74) is 5.17. The third-order valence-corrected chi connectivity index (χ3v) is 7.19. The zero-order valence-corrected chi connectivity index (χ0v) is 25.6. The molecule has 3 rings (SSSR count). The number of carbonyl (C=O) groups excluding carboxylic acids is 1. The number of esters is 1. The van der Waals surface area contributed by atoms with Gasteiger partial charge in [0.1, 0.15) is 11.5 Å². The van der Waals surface area contributed by atoms with Gasteiger partial charge in [0, 0.05) is 17.2 Å². The average molecular weight is 633 g/mol. The minimum atomic E-state index is -0.299. The van der Waals surface area contributed by atoms with Crippen molar-refractivity contribution in [1.82, 2.24) is 5.32 Å². The van der Waals surface area contributed by atoms with Crippen LogP contribution in [0.25, 0.3) is 0 Å². The van der Waals surface area contributed by atoms with Crippen LogP contribution in [-0.2, 0) is 16.0 Å². The first-order valence-corrected chi connectivity index (χ1v) is 13.9. The number of hydrogen-bond donors (Lipinski definition) is 1. The van der Waals surface area contributed by atoms with Gasteiger partial charge in [0.05, 0.1) is 35.6 Å². The summed E-state index contributed by atoms with van der Waals surface area (Å²) in [6.07, 6.45) is 0.174. The fourth-order valence-electron chi connectivity index (χ4n) is 4.24. The van der Waals surface area contributed by atoms with Crippen molar-refractivity contribution in [1.29, 1.82) is 0 Å². The first-order chi connectivity index (χ1) is 17.5. The van der Waals surface area contributed by atoms with Gasteiger partial charge in [-0.05, 0) is 93.9 Å². The van der Waals surface area contributed by atoms with E-state index in [0.29, 0.717) is 5.75 Å². The molecule has 5 nitrogen and oxygen atoms in total. The molecule has 0 aliphatic rings. The number of nitrogens with one attached hydrogen (secondary N) is 1. The van der Waals surface area contributed by atoms with Gasteiger partial charge in [-0.15, -0.1) is 0 Å². The van der Waals surface area contributed by atoms with E-state index >= 15 is 0 Å². The van der Waals surface area contributed by atoms with Crippen LogP contribution in [0.5, 0.6) is 17.2 Å². The first kappa shape index (κ1) is 29.2. The Hall–Kier alpha value is -2.35. The number of aryl methyl sites for hydroxylation is 1. The highest BCUT2D eigenvalue weighted by Crippen LogP contribution is 2.44. The summed E-state index contributed by atoms with van der Waals surface area (Å²) in [5.74, 6) is 2.11. The molecule has 0 radical (unpaired) electrons. The zero-order valence-electron chi connectivity index (χ0n) is 22.4. The predicted octanol–water partition coefficient (Wildman–Crippen LogP) is 8.25. The van der Waals surface area contributed by atoms with Crippen molar-refractivity contribution >= 4 is 37.8 Å². The minimum Gasteiger partial charge on any atom is -0.496 e. The number of rotatable bonds is 10. The second kappa shape index (κ2) is 12.9. The number of halogens is 2. The smallest absolute Gasteiger partial charge is 0.309 e. The van der Waals surface area contributed by atoms with Gasteiger partial charge in [-0.25, -0.2) is 0 Å². The highest BCUT2D eigenvalue weighted by molar-refractivity contribution is 9.11. The molecular formula is C30H35Br2NO4. The second-order valence-electron chi connectivity index (χ2n) is 9.70. The molecule has 1 atom stereocenters. The van der Waals surface area contributed by atoms with Crippen LogP contribution < -0.4 is 14.8 Å². The summed E-state index contributed by atoms with van der Waals surface area (Å²) in [5, 5.41) is 3.72. The molecule has 0 bridgehead atoms. The molecule has 37 heavy (non-hydrogen) atoms. The molecule has 1 unspecified atom stereocenters. The normalized spacial score (nSPS) is 12.1. The van der Waals surface area contributed by atoms with E-state index in [4.69, 9.17) is 14.2 Å². The predicted molar refractivity (Wildman–Crippen MR) is 156 cm³/mol. The van der Waals surface area contributed by atoms with Crippen LogP contribution in [0, 0.1) is 6.92 Å². The van der Waals surface area contributed by atoms with Gasteiger partial charge in [0.15, 0.2) is 5.75 Å². The van der Waals surface area contributed by atoms with Crippen molar-refractivity contribution in [2.45, 2.75) is 59.0 Å². The number of hydrogen-bond acceptors (Lipinski definition) is 5. The van der Waals surface area contributed by atoms with Crippen LogP contribution >= 0.6 is 31.9 Å². The van der Waals surface area contributed by atoms with Crippen molar-refractivity contribution in [2.24, 2.45) is 0 Å². The second-order valence-corrected chi connectivity index (χ2v) is 11.4. The maximum atomic E-state index is 11.8. The Labute approximate surface area is 237 Å². The SMILES string of the molecule is COC(=O)Cc1cc(Br)c(Oc2cc(C(C)C)c(OC)cc2C(NC(C)C)c2cccc(C)c2)c(Br)c1. The van der Waals surface area contributed by atoms with E-state index in [-0.39, 0.29) is 30.4 Å². The number of carbonyl (C=O) groups is 1. The average Bonchev–Trinajstić information content (AvgIpc) is 2.84. The Morgan fingerprint density at radius 3 is 2.11 bits per heavy atom. The van der Waals surface area contributed by atoms with E-state index < -0.39 is 0 Å². The van der Waals surface area contributed by atoms with Crippen molar-refractivity contribution in [3.63, 3.8) is 0 Å². The first-order valence-electron chi connectivity index (χ1n) is 12.3. The number of benzene rings is 3. The summed E-state index contributed by atoms with van der Waals surface area (Å²) in [4.78, 5) is 11.8. The summed E-state index contributed by atoms with van der Waals surface area (Å²) >= 11 is 7.30. The summed E-state index contributed by atoms with van der Waals surface area (Å²) in [6, 6.07) is 16.5. The van der Waals surface area contributed by atoms with Crippen LogP contribution in [0.1, 0.15) is 67.5 Å². The summed E-state index contributed by atoms with van der Waals surface area (Å²) in [7, 11) is 3.09. The Morgan fingerprint density at radius 1 is 0.919 bits per heavy atom. The van der Waals surface area contributed by atoms with Gasteiger partial charge in [-0.2, -0.15) is 0 Å². The maximum absolute atomic E-state index is 11.8. The topological polar surface area (TPSA) is 56.8 Å². The molecule has 0 heterocycles. The summed E-state index contributed by atoms with van der Waals surface area (Å²) < 4.78 is 18.8. The molecular weight excluding hydrogens is 598 g/mol. The minimum absolute atomic E-state index is 0.124. The molecule has 0 spiro atoms. The fraction of sp³-hybridized carbons (Fsp3) is 0.367. The molecule has 0 saturated heterocycles. The molecule has 0 fully saturated rings. The van der Waals surface area contributed by atoms with Crippen LogP contribution in [0.4, 0.5) is 0 Å². The van der Waals surface area contributed by atoms with E-state index in [9.17, 15) is 4.79 Å². The number of methoxy groups -OCH3 is 2. The lowest BCUT2D eigenvalue weighted by atomic mass is 9.92. The third-order valence-electron chi connectivity index (χ3n) is 6.02. The highest BCUT2D eigenvalue weighted by atomic mass is 79.9. The molecule has 7 heteroatoms. The molecule has 1 N–H and O–H groups in total. The van der Waals surface area contributed by atoms with Gasteiger partial charge in [-0.1, -0.05) is 43.7 Å². The lowest BCUT2D eigenvalue weighted by Crippen LogP contribution is -2.29. The molecule has 0 aromatic heterocycles. The lowest BCUT2D eigenvalue weighted by Gasteiger charge is -2.27. The molecule has 0 amide bonds. The van der Waals surface area contributed by atoms with Crippen molar-refractivity contribution < 1.29 is 19.0 Å². The fourth-order valence-corrected chi connectivity index (χ4v) is 5.69. The van der Waals surface area contributed by atoms with Gasteiger partial charge < -0.3 is 19.5 Å². The Balaban J connectivity index is 2.19. The van der Waals surface area contributed by atoms with Gasteiger partial charge in [-0.3, -0.25) is 4.79 Å². The van der Waals surface area contributed by atoms with Crippen LogP contribution in [0.2, 0.25) is 0 Å². The molecule has 3 aromatic rings. The Bertz CT molecular complexity index is 1230. The molecule has 198 valence electrons. The van der Waals surface area contributed by atoms with E-state index in [2.05, 4.69) is 108 Å². The molecule has 0 aliphatic carbocycles. The van der Waals surface area contributed by atoms with Crippen molar-refractivity contribution in [3.8, 4) is 17.2 Å². The highest BCUT2D eigenvalue weighted by Gasteiger charge is 2.25. The Kier molecular flexibility index (Phi) is 10.2. The molecule has 0 saturated carbocycles. The monoisotopic (exact) mass is 631 g/mol. The van der Waals surface area contributed by atoms with E-state index in [1.165, 1.54) is 12.7 Å². The van der Waals surface area contributed by atoms with Gasteiger partial charge >= 0.3 is 5.97 Å². The number of ether oxygens (including phenoxy) is 3. The Morgan fingerprint density at radius 2 is 1.57 bits per heavy atom.